The number of ether oxygens (including phenoxy) is 2. The number of anilines is 1. The number of amides is 1. The molecule has 2 aromatic carbocycles. The third-order valence-electron chi connectivity index (χ3n) is 5.50. The Balaban J connectivity index is 0.00000306. The van der Waals surface area contributed by atoms with Gasteiger partial charge in [-0.2, -0.15) is 0 Å². The van der Waals surface area contributed by atoms with E-state index in [1.165, 1.54) is 11.3 Å². The number of aryl methyl sites for hydroxylation is 1. The molecule has 1 saturated heterocycles. The summed E-state index contributed by atoms with van der Waals surface area (Å²) in [7, 11) is 0. The minimum absolute atomic E-state index is 0. The van der Waals surface area contributed by atoms with Crippen LogP contribution < -0.4 is 9.64 Å². The molecule has 0 N–H and O–H groups in total. The SMILES string of the molecule is CCOc1ccc(CC(=O)N(CCN2CCOCC2)c2nc3c(C)cc(Cl)cc3s2)cc1.Cl. The van der Waals surface area contributed by atoms with Crippen molar-refractivity contribution in [2.24, 2.45) is 0 Å². The Morgan fingerprint density at radius 2 is 1.97 bits per heavy atom. The van der Waals surface area contributed by atoms with E-state index in [-0.39, 0.29) is 18.3 Å². The number of benzene rings is 2. The van der Waals surface area contributed by atoms with Gasteiger partial charge in [0.2, 0.25) is 5.91 Å². The van der Waals surface area contributed by atoms with Gasteiger partial charge in [0.15, 0.2) is 5.13 Å². The van der Waals surface area contributed by atoms with Gasteiger partial charge in [-0.1, -0.05) is 35.1 Å². The Morgan fingerprint density at radius 1 is 1.24 bits per heavy atom. The van der Waals surface area contributed by atoms with Crippen molar-refractivity contribution >= 4 is 56.6 Å². The van der Waals surface area contributed by atoms with Gasteiger partial charge in [-0.05, 0) is 49.2 Å². The summed E-state index contributed by atoms with van der Waals surface area (Å²) in [4.78, 5) is 22.4. The lowest BCUT2D eigenvalue weighted by molar-refractivity contribution is -0.118. The number of carbonyl (C=O) groups is 1. The Labute approximate surface area is 209 Å². The summed E-state index contributed by atoms with van der Waals surface area (Å²) in [6, 6.07) is 11.5. The molecule has 0 saturated carbocycles. The normalized spacial score (nSPS) is 14.2. The molecule has 1 aliphatic rings. The van der Waals surface area contributed by atoms with Crippen LogP contribution in [0.15, 0.2) is 36.4 Å². The van der Waals surface area contributed by atoms with E-state index in [1.54, 1.807) is 0 Å². The van der Waals surface area contributed by atoms with Crippen LogP contribution in [-0.4, -0.2) is 61.8 Å². The number of carbonyl (C=O) groups excluding carboxylic acids is 1. The largest absolute Gasteiger partial charge is 0.494 e. The van der Waals surface area contributed by atoms with E-state index < -0.39 is 0 Å². The Kier molecular flexibility index (Phi) is 9.35. The van der Waals surface area contributed by atoms with E-state index in [1.807, 2.05) is 55.1 Å². The molecule has 0 spiro atoms. The average Bonchev–Trinajstić information content (AvgIpc) is 3.20. The van der Waals surface area contributed by atoms with Gasteiger partial charge in [-0.15, -0.1) is 12.4 Å². The van der Waals surface area contributed by atoms with Gasteiger partial charge in [-0.3, -0.25) is 14.6 Å². The molecule has 1 fully saturated rings. The molecule has 0 unspecified atom stereocenters. The first kappa shape index (κ1) is 25.7. The molecule has 1 aliphatic heterocycles. The number of hydrogen-bond acceptors (Lipinski definition) is 6. The van der Waals surface area contributed by atoms with E-state index in [0.717, 1.165) is 65.1 Å². The molecule has 6 nitrogen and oxygen atoms in total. The molecule has 4 rings (SSSR count). The van der Waals surface area contributed by atoms with Crippen molar-refractivity contribution in [2.75, 3.05) is 50.9 Å². The zero-order valence-corrected chi connectivity index (χ0v) is 21.3. The smallest absolute Gasteiger partial charge is 0.233 e. The van der Waals surface area contributed by atoms with E-state index in [4.69, 9.17) is 26.1 Å². The third kappa shape index (κ3) is 6.58. The number of nitrogens with zero attached hydrogens (tertiary/aromatic N) is 3. The van der Waals surface area contributed by atoms with E-state index in [9.17, 15) is 4.79 Å². The maximum Gasteiger partial charge on any atom is 0.233 e. The number of hydrogen-bond donors (Lipinski definition) is 0. The van der Waals surface area contributed by atoms with Crippen molar-refractivity contribution in [3.8, 4) is 5.75 Å². The molecular formula is C24H29Cl2N3O3S. The van der Waals surface area contributed by atoms with Crippen LogP contribution in [0.5, 0.6) is 5.75 Å². The van der Waals surface area contributed by atoms with Crippen molar-refractivity contribution in [2.45, 2.75) is 20.3 Å². The average molecular weight is 510 g/mol. The molecule has 9 heteroatoms. The predicted molar refractivity (Wildman–Crippen MR) is 138 cm³/mol. The molecule has 33 heavy (non-hydrogen) atoms. The second-order valence-corrected chi connectivity index (χ2v) is 9.26. The van der Waals surface area contributed by atoms with Gasteiger partial charge in [-0.25, -0.2) is 4.98 Å². The summed E-state index contributed by atoms with van der Waals surface area (Å²) in [5.41, 5.74) is 2.87. The molecule has 0 radical (unpaired) electrons. The van der Waals surface area contributed by atoms with Gasteiger partial charge >= 0.3 is 0 Å². The van der Waals surface area contributed by atoms with Crippen LogP contribution in [0.4, 0.5) is 5.13 Å². The summed E-state index contributed by atoms with van der Waals surface area (Å²) in [5, 5.41) is 1.40. The van der Waals surface area contributed by atoms with Crippen molar-refractivity contribution < 1.29 is 14.3 Å². The van der Waals surface area contributed by atoms with E-state index in [0.29, 0.717) is 24.6 Å². The van der Waals surface area contributed by atoms with Crippen LogP contribution in [0.1, 0.15) is 18.1 Å². The predicted octanol–water partition coefficient (Wildman–Crippen LogP) is 4.99. The molecule has 0 atom stereocenters. The van der Waals surface area contributed by atoms with Crippen LogP contribution >= 0.6 is 35.3 Å². The van der Waals surface area contributed by atoms with Crippen LogP contribution in [0.3, 0.4) is 0 Å². The lowest BCUT2D eigenvalue weighted by Gasteiger charge is -2.29. The van der Waals surface area contributed by atoms with Gasteiger partial charge in [0.25, 0.3) is 0 Å². The summed E-state index contributed by atoms with van der Waals surface area (Å²) in [6.07, 6.45) is 0.311. The van der Waals surface area contributed by atoms with E-state index in [2.05, 4.69) is 4.90 Å². The highest BCUT2D eigenvalue weighted by molar-refractivity contribution is 7.22. The standard InChI is InChI=1S/C24H28ClN3O3S.ClH/c1-3-31-20-6-4-18(5-7-20)15-22(29)28(9-8-27-10-12-30-13-11-27)24-26-23-17(2)14-19(25)16-21(23)32-24;/h4-7,14,16H,3,8-13,15H2,1-2H3;1H. The molecular weight excluding hydrogens is 481 g/mol. The minimum atomic E-state index is 0. The third-order valence-corrected chi connectivity index (χ3v) is 6.75. The Hall–Kier alpha value is -1.90. The van der Waals surface area contributed by atoms with Crippen LogP contribution in [0, 0.1) is 6.92 Å². The lowest BCUT2D eigenvalue weighted by Crippen LogP contribution is -2.43. The first-order chi connectivity index (χ1) is 15.5. The van der Waals surface area contributed by atoms with Gasteiger partial charge in [0.1, 0.15) is 5.75 Å². The summed E-state index contributed by atoms with van der Waals surface area (Å²) in [5.74, 6) is 0.844. The number of aromatic nitrogens is 1. The second-order valence-electron chi connectivity index (χ2n) is 7.82. The minimum Gasteiger partial charge on any atom is -0.494 e. The Morgan fingerprint density at radius 3 is 2.67 bits per heavy atom. The van der Waals surface area contributed by atoms with Crippen molar-refractivity contribution in [1.29, 1.82) is 0 Å². The maximum absolute atomic E-state index is 13.4. The molecule has 2 heterocycles. The number of morpholine rings is 1. The fraction of sp³-hybridized carbons (Fsp3) is 0.417. The molecule has 178 valence electrons. The first-order valence-electron chi connectivity index (χ1n) is 10.9. The summed E-state index contributed by atoms with van der Waals surface area (Å²) < 4.78 is 12.0. The zero-order valence-electron chi connectivity index (χ0n) is 18.9. The molecule has 0 aliphatic carbocycles. The van der Waals surface area contributed by atoms with Crippen molar-refractivity contribution in [1.82, 2.24) is 9.88 Å². The zero-order chi connectivity index (χ0) is 22.5. The molecule has 1 aromatic heterocycles. The Bertz CT molecular complexity index is 1070. The van der Waals surface area contributed by atoms with Crippen LogP contribution in [-0.2, 0) is 16.0 Å². The van der Waals surface area contributed by atoms with Gasteiger partial charge in [0.05, 0.1) is 36.5 Å². The first-order valence-corrected chi connectivity index (χ1v) is 12.1. The second kappa shape index (κ2) is 12.0. The maximum atomic E-state index is 13.4. The highest BCUT2D eigenvalue weighted by Gasteiger charge is 2.22. The topological polar surface area (TPSA) is 54.9 Å². The number of rotatable bonds is 8. The van der Waals surface area contributed by atoms with Gasteiger partial charge in [0, 0.05) is 31.2 Å². The highest BCUT2D eigenvalue weighted by atomic mass is 35.5. The summed E-state index contributed by atoms with van der Waals surface area (Å²) >= 11 is 7.76. The summed E-state index contributed by atoms with van der Waals surface area (Å²) in [6.45, 7) is 9.18. The van der Waals surface area contributed by atoms with Crippen LogP contribution in [0.2, 0.25) is 5.02 Å². The molecule has 1 amide bonds. The highest BCUT2D eigenvalue weighted by Crippen LogP contribution is 2.33. The molecule has 3 aromatic rings. The number of fused-ring (bicyclic) bond motifs is 1. The van der Waals surface area contributed by atoms with Crippen LogP contribution in [0.25, 0.3) is 10.2 Å². The number of thiazole rings is 1. The van der Waals surface area contributed by atoms with Crippen molar-refractivity contribution in [3.63, 3.8) is 0 Å². The van der Waals surface area contributed by atoms with Crippen molar-refractivity contribution in [3.05, 3.63) is 52.5 Å². The molecule has 0 bridgehead atoms. The fourth-order valence-electron chi connectivity index (χ4n) is 3.79. The monoisotopic (exact) mass is 509 g/mol. The van der Waals surface area contributed by atoms with E-state index >= 15 is 0 Å². The number of halogens is 2. The lowest BCUT2D eigenvalue weighted by atomic mass is 10.1. The quantitative estimate of drug-likeness (QED) is 0.428. The van der Waals surface area contributed by atoms with Gasteiger partial charge < -0.3 is 9.47 Å². The fourth-order valence-corrected chi connectivity index (χ4v) is 5.26.